The average Bonchev–Trinajstić information content (AvgIpc) is 3.14. The van der Waals surface area contributed by atoms with Crippen LogP contribution in [0.15, 0.2) is 44.3 Å². The predicted octanol–water partition coefficient (Wildman–Crippen LogP) is 4.91. The molecule has 7 heteroatoms. The average molecular weight is 425 g/mol. The van der Waals surface area contributed by atoms with Gasteiger partial charge in [-0.25, -0.2) is 0 Å². The molecule has 1 aromatic carbocycles. The summed E-state index contributed by atoms with van der Waals surface area (Å²) in [6.45, 7) is 3.74. The summed E-state index contributed by atoms with van der Waals surface area (Å²) in [6.07, 6.45) is 1.75. The molecule has 0 atom stereocenters. The molecule has 5 nitrogen and oxygen atoms in total. The lowest BCUT2D eigenvalue weighted by atomic mass is 10.1. The predicted molar refractivity (Wildman–Crippen MR) is 91.6 cm³/mol. The highest BCUT2D eigenvalue weighted by Crippen LogP contribution is 2.33. The zero-order valence-electron chi connectivity index (χ0n) is 11.6. The Kier molecular flexibility index (Phi) is 4.17. The molecular formula is C15H11Br2N3O2. The maximum Gasteiger partial charge on any atom is 0.264 e. The highest BCUT2D eigenvalue weighted by molar-refractivity contribution is 9.13. The maximum absolute atomic E-state index is 5.74. The summed E-state index contributed by atoms with van der Waals surface area (Å²) >= 11 is 6.79. The molecule has 22 heavy (non-hydrogen) atoms. The number of benzene rings is 1. The second-order valence-electron chi connectivity index (χ2n) is 4.42. The summed E-state index contributed by atoms with van der Waals surface area (Å²) in [4.78, 5) is 3.10. The third-order valence-corrected chi connectivity index (χ3v) is 4.86. The Morgan fingerprint density at radius 1 is 1.23 bits per heavy atom. The van der Waals surface area contributed by atoms with Crippen LogP contribution in [0.5, 0.6) is 5.75 Å². The van der Waals surface area contributed by atoms with Gasteiger partial charge >= 0.3 is 0 Å². The lowest BCUT2D eigenvalue weighted by molar-refractivity contribution is 0.414. The highest BCUT2D eigenvalue weighted by atomic mass is 79.9. The summed E-state index contributed by atoms with van der Waals surface area (Å²) in [5.41, 5.74) is 2.41. The molecular weight excluding hydrogens is 414 g/mol. The van der Waals surface area contributed by atoms with Gasteiger partial charge in [-0.2, -0.15) is 0 Å². The Morgan fingerprint density at radius 2 is 2.00 bits per heavy atom. The van der Waals surface area contributed by atoms with Crippen molar-refractivity contribution < 1.29 is 9.15 Å². The second kappa shape index (κ2) is 6.10. The van der Waals surface area contributed by atoms with Crippen LogP contribution in [0.2, 0.25) is 0 Å². The minimum absolute atomic E-state index is 0.393. The fourth-order valence-corrected chi connectivity index (χ4v) is 2.63. The Balaban J connectivity index is 2.02. The first-order valence-electron chi connectivity index (χ1n) is 6.31. The third kappa shape index (κ3) is 2.74. The molecule has 3 rings (SSSR count). The van der Waals surface area contributed by atoms with Gasteiger partial charge in [0.2, 0.25) is 0 Å². The summed E-state index contributed by atoms with van der Waals surface area (Å²) in [7, 11) is 1.60. The standard InChI is InChI=1S/C15H11Br2N3O2/c1-3-8-4-5-9(12(6-8)21-2)14-19-20-15(22-14)11-7-10(16)13(17)18-11/h3-7,18H,1H2,2H3. The monoisotopic (exact) mass is 423 g/mol. The Hall–Kier alpha value is -1.86. The van der Waals surface area contributed by atoms with E-state index in [4.69, 9.17) is 9.15 Å². The van der Waals surface area contributed by atoms with Crippen molar-refractivity contribution >= 4 is 37.9 Å². The molecule has 2 heterocycles. The molecule has 0 aliphatic heterocycles. The fourth-order valence-electron chi connectivity index (χ4n) is 1.97. The van der Waals surface area contributed by atoms with E-state index >= 15 is 0 Å². The Bertz CT molecular complexity index is 820. The van der Waals surface area contributed by atoms with E-state index < -0.39 is 0 Å². The van der Waals surface area contributed by atoms with E-state index in [1.54, 1.807) is 13.2 Å². The lowest BCUT2D eigenvalue weighted by Gasteiger charge is -2.05. The largest absolute Gasteiger partial charge is 0.496 e. The Labute approximate surface area is 143 Å². The molecule has 0 saturated carbocycles. The minimum atomic E-state index is 0.393. The molecule has 0 aliphatic carbocycles. The van der Waals surface area contributed by atoms with E-state index in [1.165, 1.54) is 0 Å². The molecule has 0 amide bonds. The molecule has 0 bridgehead atoms. The summed E-state index contributed by atoms with van der Waals surface area (Å²) < 4.78 is 12.8. The van der Waals surface area contributed by atoms with Crippen molar-refractivity contribution in [3.63, 3.8) is 0 Å². The van der Waals surface area contributed by atoms with Gasteiger partial charge in [0, 0.05) is 0 Å². The molecule has 2 aromatic heterocycles. The number of methoxy groups -OCH3 is 1. The van der Waals surface area contributed by atoms with Crippen molar-refractivity contribution in [1.29, 1.82) is 0 Å². The summed E-state index contributed by atoms with van der Waals surface area (Å²) in [6, 6.07) is 7.51. The third-order valence-electron chi connectivity index (χ3n) is 3.07. The van der Waals surface area contributed by atoms with Gasteiger partial charge in [-0.3, -0.25) is 0 Å². The number of rotatable bonds is 4. The minimum Gasteiger partial charge on any atom is -0.496 e. The van der Waals surface area contributed by atoms with Crippen molar-refractivity contribution in [3.8, 4) is 28.8 Å². The van der Waals surface area contributed by atoms with Gasteiger partial charge in [-0.15, -0.1) is 10.2 Å². The van der Waals surface area contributed by atoms with Crippen molar-refractivity contribution in [3.05, 3.63) is 45.5 Å². The van der Waals surface area contributed by atoms with Crippen LogP contribution in [0, 0.1) is 0 Å². The molecule has 0 saturated heterocycles. The first-order valence-corrected chi connectivity index (χ1v) is 7.89. The van der Waals surface area contributed by atoms with Crippen LogP contribution < -0.4 is 4.74 Å². The van der Waals surface area contributed by atoms with Crippen LogP contribution in [0.1, 0.15) is 5.56 Å². The van der Waals surface area contributed by atoms with Crippen molar-refractivity contribution in [2.24, 2.45) is 0 Å². The zero-order chi connectivity index (χ0) is 15.7. The van der Waals surface area contributed by atoms with Crippen LogP contribution in [0.3, 0.4) is 0 Å². The number of nitrogens with one attached hydrogen (secondary N) is 1. The first-order chi connectivity index (χ1) is 10.6. The normalized spacial score (nSPS) is 10.7. The highest BCUT2D eigenvalue weighted by Gasteiger charge is 2.16. The van der Waals surface area contributed by atoms with E-state index in [-0.39, 0.29) is 0 Å². The molecule has 112 valence electrons. The van der Waals surface area contributed by atoms with E-state index in [2.05, 4.69) is 53.6 Å². The van der Waals surface area contributed by atoms with E-state index in [1.807, 2.05) is 24.3 Å². The molecule has 0 aliphatic rings. The molecule has 0 unspecified atom stereocenters. The van der Waals surface area contributed by atoms with E-state index in [9.17, 15) is 0 Å². The van der Waals surface area contributed by atoms with E-state index in [0.717, 1.165) is 25.9 Å². The number of aromatic amines is 1. The molecule has 1 N–H and O–H groups in total. The quantitative estimate of drug-likeness (QED) is 0.646. The number of hydrogen-bond donors (Lipinski definition) is 1. The molecule has 0 spiro atoms. The number of nitrogens with zero attached hydrogens (tertiary/aromatic N) is 2. The van der Waals surface area contributed by atoms with Crippen molar-refractivity contribution in [2.45, 2.75) is 0 Å². The zero-order valence-corrected chi connectivity index (χ0v) is 14.7. The van der Waals surface area contributed by atoms with Crippen LogP contribution in [-0.4, -0.2) is 22.3 Å². The first kappa shape index (κ1) is 15.1. The van der Waals surface area contributed by atoms with Crippen molar-refractivity contribution in [1.82, 2.24) is 15.2 Å². The number of ether oxygens (including phenoxy) is 1. The van der Waals surface area contributed by atoms with Gasteiger partial charge in [0.25, 0.3) is 11.8 Å². The van der Waals surface area contributed by atoms with Gasteiger partial charge in [0.1, 0.15) is 11.4 Å². The van der Waals surface area contributed by atoms with Crippen molar-refractivity contribution in [2.75, 3.05) is 7.11 Å². The van der Waals surface area contributed by atoms with Crippen LogP contribution in [-0.2, 0) is 0 Å². The van der Waals surface area contributed by atoms with Crippen LogP contribution >= 0.6 is 31.9 Å². The van der Waals surface area contributed by atoms with Crippen LogP contribution in [0.25, 0.3) is 29.1 Å². The SMILES string of the molecule is C=Cc1ccc(-c2nnc(-c3cc(Br)c(Br)[nH]3)o2)c(OC)c1. The topological polar surface area (TPSA) is 63.9 Å². The molecule has 3 aromatic rings. The maximum atomic E-state index is 5.74. The van der Waals surface area contributed by atoms with Gasteiger partial charge in [-0.1, -0.05) is 18.7 Å². The van der Waals surface area contributed by atoms with Gasteiger partial charge in [-0.05, 0) is 55.6 Å². The molecule has 0 radical (unpaired) electrons. The fraction of sp³-hybridized carbons (Fsp3) is 0.0667. The smallest absolute Gasteiger partial charge is 0.264 e. The molecule has 0 fully saturated rings. The summed E-state index contributed by atoms with van der Waals surface area (Å²) in [5, 5.41) is 8.16. The number of hydrogen-bond acceptors (Lipinski definition) is 4. The Morgan fingerprint density at radius 3 is 2.64 bits per heavy atom. The van der Waals surface area contributed by atoms with Gasteiger partial charge in [0.05, 0.1) is 21.7 Å². The second-order valence-corrected chi connectivity index (χ2v) is 6.07. The number of H-pyrrole nitrogens is 1. The number of aromatic nitrogens is 3. The number of halogens is 2. The summed E-state index contributed by atoms with van der Waals surface area (Å²) in [5.74, 6) is 1.45. The van der Waals surface area contributed by atoms with E-state index in [0.29, 0.717) is 17.5 Å². The van der Waals surface area contributed by atoms with Crippen LogP contribution in [0.4, 0.5) is 0 Å². The lowest BCUT2D eigenvalue weighted by Crippen LogP contribution is -1.89. The van der Waals surface area contributed by atoms with Gasteiger partial charge < -0.3 is 14.1 Å². The van der Waals surface area contributed by atoms with Gasteiger partial charge in [0.15, 0.2) is 0 Å².